The number of guanidine groups is 1. The third-order valence-corrected chi connectivity index (χ3v) is 6.21. The minimum atomic E-state index is -3.67. The van der Waals surface area contributed by atoms with E-state index in [0.717, 1.165) is 32.1 Å². The highest BCUT2D eigenvalue weighted by molar-refractivity contribution is 7.91. The molecule has 1 aliphatic rings. The summed E-state index contributed by atoms with van der Waals surface area (Å²) in [5.74, 6) is -0.350. The minimum Gasteiger partial charge on any atom is -0.355 e. The molecule has 8 heteroatoms. The summed E-state index contributed by atoms with van der Waals surface area (Å²) in [7, 11) is -2.02. The van der Waals surface area contributed by atoms with Crippen molar-refractivity contribution in [3.05, 3.63) is 30.1 Å². The predicted molar refractivity (Wildman–Crippen MR) is 98.1 cm³/mol. The summed E-state index contributed by atoms with van der Waals surface area (Å²) in [4.78, 5) is 6.28. The van der Waals surface area contributed by atoms with Crippen LogP contribution in [0.5, 0.6) is 0 Å². The van der Waals surface area contributed by atoms with Gasteiger partial charge in [-0.15, -0.1) is 0 Å². The molecule has 1 aliphatic heterocycles. The van der Waals surface area contributed by atoms with Gasteiger partial charge in [0, 0.05) is 26.2 Å². The van der Waals surface area contributed by atoms with Crippen LogP contribution in [0.15, 0.2) is 34.2 Å². The number of hydrogen-bond acceptors (Lipinski definition) is 4. The van der Waals surface area contributed by atoms with Crippen LogP contribution in [0.25, 0.3) is 0 Å². The molecule has 0 aliphatic carbocycles. The Morgan fingerprint density at radius 2 is 2.12 bits per heavy atom. The Kier molecular flexibility index (Phi) is 7.19. The quantitative estimate of drug-likeness (QED) is 0.558. The van der Waals surface area contributed by atoms with Gasteiger partial charge in [0.05, 0.1) is 5.75 Å². The van der Waals surface area contributed by atoms with Gasteiger partial charge in [-0.3, -0.25) is 9.89 Å². The monoisotopic (exact) mass is 370 g/mol. The molecular formula is C17H27FN4O2S. The molecule has 2 rings (SSSR count). The van der Waals surface area contributed by atoms with Crippen LogP contribution in [0.3, 0.4) is 0 Å². The second kappa shape index (κ2) is 9.15. The first-order valence-corrected chi connectivity index (χ1v) is 10.3. The van der Waals surface area contributed by atoms with E-state index in [1.165, 1.54) is 24.6 Å². The van der Waals surface area contributed by atoms with Crippen LogP contribution in [0.4, 0.5) is 4.39 Å². The molecule has 1 heterocycles. The second-order valence-corrected chi connectivity index (χ2v) is 8.13. The molecule has 1 aromatic rings. The molecule has 0 aromatic heterocycles. The van der Waals surface area contributed by atoms with Crippen LogP contribution in [-0.2, 0) is 9.84 Å². The summed E-state index contributed by atoms with van der Waals surface area (Å²) >= 11 is 0. The average molecular weight is 370 g/mol. The average Bonchev–Trinajstić information content (AvgIpc) is 3.05. The molecule has 25 heavy (non-hydrogen) atoms. The molecule has 1 unspecified atom stereocenters. The smallest absolute Gasteiger partial charge is 0.191 e. The number of aliphatic imine (C=N–C) groups is 1. The summed E-state index contributed by atoms with van der Waals surface area (Å²) in [5.41, 5.74) is 0. The first-order chi connectivity index (χ1) is 12.0. The molecule has 1 atom stereocenters. The van der Waals surface area contributed by atoms with Gasteiger partial charge in [-0.05, 0) is 38.1 Å². The molecule has 0 spiro atoms. The van der Waals surface area contributed by atoms with E-state index in [1.807, 2.05) is 0 Å². The normalized spacial score (nSPS) is 19.2. The van der Waals surface area contributed by atoms with E-state index in [1.54, 1.807) is 7.05 Å². The van der Waals surface area contributed by atoms with Crippen LogP contribution in [0.2, 0.25) is 0 Å². The summed E-state index contributed by atoms with van der Waals surface area (Å²) < 4.78 is 38.1. The standard InChI is InChI=1S/C17H27FN4O2S/c1-3-22-11-6-7-14(22)13-21-17(19-2)20-10-12-25(23,24)16-9-5-4-8-15(16)18/h4-5,8-9,14H,3,6-7,10-13H2,1-2H3,(H2,19,20,21). The molecule has 2 N–H and O–H groups in total. The fourth-order valence-corrected chi connectivity index (χ4v) is 4.33. The minimum absolute atomic E-state index is 0.165. The van der Waals surface area contributed by atoms with Gasteiger partial charge >= 0.3 is 0 Å². The summed E-state index contributed by atoms with van der Waals surface area (Å²) in [6.45, 7) is 5.24. The lowest BCUT2D eigenvalue weighted by Crippen LogP contribution is -2.45. The molecule has 6 nitrogen and oxygen atoms in total. The lowest BCUT2D eigenvalue weighted by molar-refractivity contribution is 0.267. The fraction of sp³-hybridized carbons (Fsp3) is 0.588. The van der Waals surface area contributed by atoms with Crippen LogP contribution in [0.1, 0.15) is 19.8 Å². The van der Waals surface area contributed by atoms with E-state index in [4.69, 9.17) is 0 Å². The van der Waals surface area contributed by atoms with Gasteiger partial charge in [-0.2, -0.15) is 0 Å². The predicted octanol–water partition coefficient (Wildman–Crippen LogP) is 1.25. The Bertz CT molecular complexity index is 694. The fourth-order valence-electron chi connectivity index (χ4n) is 3.09. The van der Waals surface area contributed by atoms with Crippen molar-refractivity contribution in [2.24, 2.45) is 4.99 Å². The van der Waals surface area contributed by atoms with Crippen molar-refractivity contribution >= 4 is 15.8 Å². The van der Waals surface area contributed by atoms with E-state index in [9.17, 15) is 12.8 Å². The number of hydrogen-bond donors (Lipinski definition) is 2. The van der Waals surface area contributed by atoms with Gasteiger partial charge in [0.2, 0.25) is 0 Å². The van der Waals surface area contributed by atoms with E-state index in [0.29, 0.717) is 12.0 Å². The third-order valence-electron chi connectivity index (χ3n) is 4.47. The second-order valence-electron chi connectivity index (χ2n) is 6.05. The van der Waals surface area contributed by atoms with Crippen molar-refractivity contribution in [3.8, 4) is 0 Å². The first-order valence-electron chi connectivity index (χ1n) is 8.63. The molecule has 0 radical (unpaired) electrons. The zero-order valence-corrected chi connectivity index (χ0v) is 15.7. The van der Waals surface area contributed by atoms with Gasteiger partial charge in [-0.1, -0.05) is 19.1 Å². The van der Waals surface area contributed by atoms with E-state index < -0.39 is 15.7 Å². The summed E-state index contributed by atoms with van der Waals surface area (Å²) in [6, 6.07) is 5.91. The van der Waals surface area contributed by atoms with Gasteiger partial charge in [0.15, 0.2) is 15.8 Å². The Morgan fingerprint density at radius 3 is 2.80 bits per heavy atom. The molecular weight excluding hydrogens is 343 g/mol. The topological polar surface area (TPSA) is 73.8 Å². The van der Waals surface area contributed by atoms with Crippen LogP contribution < -0.4 is 10.6 Å². The number of halogens is 1. The number of likely N-dealkylation sites (tertiary alicyclic amines) is 1. The Balaban J connectivity index is 1.82. The maximum absolute atomic E-state index is 13.7. The largest absolute Gasteiger partial charge is 0.355 e. The Hall–Kier alpha value is -1.67. The SMILES string of the molecule is CCN1CCCC1CNC(=NC)NCCS(=O)(=O)c1ccccc1F. The highest BCUT2D eigenvalue weighted by Crippen LogP contribution is 2.16. The van der Waals surface area contributed by atoms with E-state index in [2.05, 4.69) is 27.4 Å². The van der Waals surface area contributed by atoms with Gasteiger partial charge in [0.25, 0.3) is 0 Å². The highest BCUT2D eigenvalue weighted by Gasteiger charge is 2.23. The molecule has 0 bridgehead atoms. The zero-order valence-electron chi connectivity index (χ0n) is 14.8. The van der Waals surface area contributed by atoms with Crippen LogP contribution in [-0.4, -0.2) is 64.3 Å². The van der Waals surface area contributed by atoms with Gasteiger partial charge < -0.3 is 10.6 Å². The van der Waals surface area contributed by atoms with E-state index >= 15 is 0 Å². The number of benzene rings is 1. The Morgan fingerprint density at radius 1 is 1.36 bits per heavy atom. The van der Waals surface area contributed by atoms with E-state index in [-0.39, 0.29) is 17.2 Å². The van der Waals surface area contributed by atoms with Crippen molar-refractivity contribution < 1.29 is 12.8 Å². The lowest BCUT2D eigenvalue weighted by Gasteiger charge is -2.23. The van der Waals surface area contributed by atoms with Gasteiger partial charge in [-0.25, -0.2) is 12.8 Å². The number of nitrogens with zero attached hydrogens (tertiary/aromatic N) is 2. The van der Waals surface area contributed by atoms with Crippen molar-refractivity contribution in [3.63, 3.8) is 0 Å². The maximum atomic E-state index is 13.7. The number of sulfone groups is 1. The Labute approximate surface area is 149 Å². The third kappa shape index (κ3) is 5.40. The molecule has 1 fully saturated rings. The number of likely N-dealkylation sites (N-methyl/N-ethyl adjacent to an activating group) is 1. The van der Waals surface area contributed by atoms with Gasteiger partial charge in [0.1, 0.15) is 10.7 Å². The van der Waals surface area contributed by atoms with Crippen LogP contribution in [0, 0.1) is 5.82 Å². The van der Waals surface area contributed by atoms with Crippen LogP contribution >= 0.6 is 0 Å². The van der Waals surface area contributed by atoms with Crippen molar-refractivity contribution in [1.29, 1.82) is 0 Å². The first kappa shape index (κ1) is 19.7. The molecule has 140 valence electrons. The molecule has 1 saturated heterocycles. The molecule has 0 amide bonds. The van der Waals surface area contributed by atoms with Crippen molar-refractivity contribution in [2.75, 3.05) is 39.0 Å². The van der Waals surface area contributed by atoms with Crippen molar-refractivity contribution in [2.45, 2.75) is 30.7 Å². The maximum Gasteiger partial charge on any atom is 0.191 e. The molecule has 0 saturated carbocycles. The lowest BCUT2D eigenvalue weighted by atomic mass is 10.2. The molecule has 1 aromatic carbocycles. The summed E-state index contributed by atoms with van der Waals surface area (Å²) in [6.07, 6.45) is 2.35. The summed E-state index contributed by atoms with van der Waals surface area (Å²) in [5, 5.41) is 6.23. The zero-order chi connectivity index (χ0) is 18.3. The number of rotatable bonds is 7. The highest BCUT2D eigenvalue weighted by atomic mass is 32.2. The number of nitrogens with one attached hydrogen (secondary N) is 2. The van der Waals surface area contributed by atoms with Crippen molar-refractivity contribution in [1.82, 2.24) is 15.5 Å².